The zero-order chi connectivity index (χ0) is 27.7. The minimum atomic E-state index is -0.892. The lowest BCUT2D eigenvalue weighted by molar-refractivity contribution is -0.132. The largest absolute Gasteiger partial charge is 0.507 e. The van der Waals surface area contributed by atoms with E-state index < -0.39 is 17.7 Å². The van der Waals surface area contributed by atoms with E-state index in [1.807, 2.05) is 32.9 Å². The Morgan fingerprint density at radius 3 is 2.56 bits per heavy atom. The monoisotopic (exact) mass is 540 g/mol. The molecule has 1 aliphatic heterocycles. The van der Waals surface area contributed by atoms with Crippen LogP contribution in [0.5, 0.6) is 11.5 Å². The summed E-state index contributed by atoms with van der Waals surface area (Å²) in [5.74, 6) is -0.636. The quantitative estimate of drug-likeness (QED) is 0.119. The maximum absolute atomic E-state index is 13.6. The van der Waals surface area contributed by atoms with E-state index >= 15 is 0 Å². The van der Waals surface area contributed by atoms with Crippen LogP contribution in [0.15, 0.2) is 78.9 Å². The maximum atomic E-state index is 13.6. The highest BCUT2D eigenvalue weighted by molar-refractivity contribution is 7.22. The molecule has 8 heteroatoms. The highest BCUT2D eigenvalue weighted by Gasteiger charge is 2.48. The number of aliphatic hydroxyl groups is 1. The third-order valence-corrected chi connectivity index (χ3v) is 7.45. The average Bonchev–Trinajstić information content (AvgIpc) is 3.46. The minimum absolute atomic E-state index is 0.0134. The third-order valence-electron chi connectivity index (χ3n) is 6.45. The zero-order valence-corrected chi connectivity index (χ0v) is 22.7. The van der Waals surface area contributed by atoms with Crippen LogP contribution in [-0.4, -0.2) is 35.0 Å². The summed E-state index contributed by atoms with van der Waals surface area (Å²) in [5.41, 5.74) is 3.84. The van der Waals surface area contributed by atoms with Gasteiger partial charge < -0.3 is 14.6 Å². The zero-order valence-electron chi connectivity index (χ0n) is 21.9. The van der Waals surface area contributed by atoms with Gasteiger partial charge in [-0.25, -0.2) is 4.98 Å². The number of anilines is 1. The van der Waals surface area contributed by atoms with Gasteiger partial charge >= 0.3 is 5.91 Å². The van der Waals surface area contributed by atoms with E-state index in [1.165, 1.54) is 16.2 Å². The molecule has 1 aromatic heterocycles. The molecule has 0 spiro atoms. The van der Waals surface area contributed by atoms with Crippen molar-refractivity contribution in [2.24, 2.45) is 0 Å². The van der Waals surface area contributed by atoms with Crippen LogP contribution in [0.3, 0.4) is 0 Å². The van der Waals surface area contributed by atoms with E-state index in [1.54, 1.807) is 54.6 Å². The van der Waals surface area contributed by atoms with Crippen molar-refractivity contribution in [3.05, 3.63) is 101 Å². The lowest BCUT2D eigenvalue weighted by atomic mass is 9.95. The number of aryl methyl sites for hydroxylation is 2. The molecule has 1 fully saturated rings. The fourth-order valence-electron chi connectivity index (χ4n) is 4.76. The van der Waals surface area contributed by atoms with Gasteiger partial charge in [0, 0.05) is 5.56 Å². The Morgan fingerprint density at radius 2 is 1.85 bits per heavy atom. The molecule has 1 aliphatic rings. The van der Waals surface area contributed by atoms with Gasteiger partial charge in [0.25, 0.3) is 5.78 Å². The molecule has 0 aliphatic carbocycles. The maximum Gasteiger partial charge on any atom is 0.301 e. The number of aliphatic hydroxyl groups excluding tert-OH is 1. The van der Waals surface area contributed by atoms with Gasteiger partial charge in [-0.15, -0.1) is 0 Å². The SMILES string of the molecule is C=CCOc1ccc(C2/C(=C(\O)c3cccc(OCC)c3)C(=O)C(=O)N2c2nc3c(C)cc(C)cc3s2)cc1. The molecule has 1 N–H and O–H groups in total. The normalized spacial score (nSPS) is 16.6. The molecule has 39 heavy (non-hydrogen) atoms. The number of hydrogen-bond acceptors (Lipinski definition) is 7. The van der Waals surface area contributed by atoms with Crippen LogP contribution in [0.4, 0.5) is 5.13 Å². The fraction of sp³-hybridized carbons (Fsp3) is 0.194. The van der Waals surface area contributed by atoms with Crippen LogP contribution in [0, 0.1) is 13.8 Å². The van der Waals surface area contributed by atoms with Gasteiger partial charge in [0.2, 0.25) is 0 Å². The highest BCUT2D eigenvalue weighted by Crippen LogP contribution is 2.45. The summed E-state index contributed by atoms with van der Waals surface area (Å²) in [6, 6.07) is 17.1. The first-order valence-corrected chi connectivity index (χ1v) is 13.4. The van der Waals surface area contributed by atoms with Crippen LogP contribution in [-0.2, 0) is 9.59 Å². The van der Waals surface area contributed by atoms with Crippen molar-refractivity contribution >= 4 is 44.1 Å². The lowest BCUT2D eigenvalue weighted by Gasteiger charge is -2.23. The second-order valence-electron chi connectivity index (χ2n) is 9.22. The molecule has 7 nitrogen and oxygen atoms in total. The average molecular weight is 541 g/mol. The number of nitrogens with zero attached hydrogens (tertiary/aromatic N) is 2. The van der Waals surface area contributed by atoms with Gasteiger partial charge in [-0.1, -0.05) is 54.3 Å². The molecule has 0 bridgehead atoms. The molecular weight excluding hydrogens is 512 g/mol. The number of Topliss-reactive ketones (excluding diaryl/α,β-unsaturated/α-hetero) is 1. The number of fused-ring (bicyclic) bond motifs is 1. The molecule has 0 radical (unpaired) electrons. The van der Waals surface area contributed by atoms with Crippen LogP contribution >= 0.6 is 11.3 Å². The van der Waals surface area contributed by atoms with Crippen LogP contribution in [0.1, 0.15) is 35.2 Å². The van der Waals surface area contributed by atoms with Gasteiger partial charge in [-0.3, -0.25) is 14.5 Å². The van der Waals surface area contributed by atoms with Crippen LogP contribution < -0.4 is 14.4 Å². The summed E-state index contributed by atoms with van der Waals surface area (Å²) in [5, 5.41) is 11.8. The Morgan fingerprint density at radius 1 is 1.08 bits per heavy atom. The van der Waals surface area contributed by atoms with E-state index in [2.05, 4.69) is 6.58 Å². The Balaban J connectivity index is 1.69. The van der Waals surface area contributed by atoms with Gasteiger partial charge in [0.15, 0.2) is 5.13 Å². The molecule has 2 heterocycles. The van der Waals surface area contributed by atoms with Gasteiger partial charge in [-0.2, -0.15) is 0 Å². The summed E-state index contributed by atoms with van der Waals surface area (Å²) in [6.45, 7) is 10.3. The number of thiazole rings is 1. The molecule has 1 saturated heterocycles. The summed E-state index contributed by atoms with van der Waals surface area (Å²) >= 11 is 1.34. The lowest BCUT2D eigenvalue weighted by Crippen LogP contribution is -2.29. The summed E-state index contributed by atoms with van der Waals surface area (Å²) < 4.78 is 12.1. The van der Waals surface area contributed by atoms with Crippen molar-refractivity contribution in [3.63, 3.8) is 0 Å². The van der Waals surface area contributed by atoms with Crippen molar-refractivity contribution in [3.8, 4) is 11.5 Å². The predicted molar refractivity (Wildman–Crippen MR) is 154 cm³/mol. The molecular formula is C31H28N2O5S. The first kappa shape index (κ1) is 26.2. The molecule has 4 aromatic rings. The Kier molecular flexibility index (Phi) is 7.21. The summed E-state index contributed by atoms with van der Waals surface area (Å²) in [4.78, 5) is 33.3. The molecule has 1 amide bonds. The molecule has 1 atom stereocenters. The number of hydrogen-bond donors (Lipinski definition) is 1. The second kappa shape index (κ2) is 10.7. The van der Waals surface area contributed by atoms with E-state index in [9.17, 15) is 14.7 Å². The number of carbonyl (C=O) groups is 2. The number of ketones is 1. The number of carbonyl (C=O) groups excluding carboxylic acids is 2. The van der Waals surface area contributed by atoms with E-state index in [0.29, 0.717) is 41.0 Å². The molecule has 3 aromatic carbocycles. The van der Waals surface area contributed by atoms with Gasteiger partial charge in [0.1, 0.15) is 23.9 Å². The number of rotatable bonds is 8. The minimum Gasteiger partial charge on any atom is -0.507 e. The number of ether oxygens (including phenoxy) is 2. The van der Waals surface area contributed by atoms with Crippen molar-refractivity contribution in [1.29, 1.82) is 0 Å². The van der Waals surface area contributed by atoms with Crippen molar-refractivity contribution in [2.75, 3.05) is 18.1 Å². The Labute approximate surface area is 230 Å². The standard InChI is InChI=1S/C31H28N2O5S/c1-5-14-38-22-12-10-20(11-13-22)27-25(28(34)21-8-7-9-23(17-21)37-6-2)29(35)30(36)33(27)31-32-26-19(4)15-18(3)16-24(26)39-31/h5,7-13,15-17,27,34H,1,6,14H2,2-4H3/b28-25+. The van der Waals surface area contributed by atoms with Gasteiger partial charge in [0.05, 0.1) is 28.4 Å². The Bertz CT molecular complexity index is 1620. The highest BCUT2D eigenvalue weighted by atomic mass is 32.1. The van der Waals surface area contributed by atoms with Gasteiger partial charge in [-0.05, 0) is 67.8 Å². The number of amides is 1. The first-order chi connectivity index (χ1) is 18.8. The molecule has 0 saturated carbocycles. The van der Waals surface area contributed by atoms with E-state index in [4.69, 9.17) is 14.5 Å². The predicted octanol–water partition coefficient (Wildman–Crippen LogP) is 6.50. The fourth-order valence-corrected chi connectivity index (χ4v) is 5.93. The third kappa shape index (κ3) is 4.91. The smallest absolute Gasteiger partial charge is 0.301 e. The van der Waals surface area contributed by atoms with Crippen molar-refractivity contribution in [2.45, 2.75) is 26.8 Å². The molecule has 198 valence electrons. The van der Waals surface area contributed by atoms with Crippen molar-refractivity contribution < 1.29 is 24.2 Å². The number of aromatic nitrogens is 1. The van der Waals surface area contributed by atoms with Crippen molar-refractivity contribution in [1.82, 2.24) is 4.98 Å². The first-order valence-electron chi connectivity index (χ1n) is 12.6. The molecule has 5 rings (SSSR count). The molecule has 1 unspecified atom stereocenters. The second-order valence-corrected chi connectivity index (χ2v) is 10.2. The summed E-state index contributed by atoms with van der Waals surface area (Å²) in [7, 11) is 0. The van der Waals surface area contributed by atoms with Crippen LogP contribution in [0.25, 0.3) is 16.0 Å². The van der Waals surface area contributed by atoms with E-state index in [0.717, 1.165) is 21.3 Å². The topological polar surface area (TPSA) is 89.0 Å². The number of benzene rings is 3. The Hall–Kier alpha value is -4.43. The van der Waals surface area contributed by atoms with Crippen LogP contribution in [0.2, 0.25) is 0 Å². The van der Waals surface area contributed by atoms with E-state index in [-0.39, 0.29) is 11.3 Å². The summed E-state index contributed by atoms with van der Waals surface area (Å²) in [6.07, 6.45) is 1.65.